The zero-order valence-corrected chi connectivity index (χ0v) is 9.05. The zero-order valence-electron chi connectivity index (χ0n) is 9.05. The van der Waals surface area contributed by atoms with E-state index >= 15 is 0 Å². The van der Waals surface area contributed by atoms with Crippen LogP contribution in [0.5, 0.6) is 0 Å². The van der Waals surface area contributed by atoms with Gasteiger partial charge >= 0.3 is 0 Å². The third kappa shape index (κ3) is 4.31. The van der Waals surface area contributed by atoms with Gasteiger partial charge in [0.2, 0.25) is 0 Å². The fourth-order valence-corrected chi connectivity index (χ4v) is 1.74. The van der Waals surface area contributed by atoms with Gasteiger partial charge in [-0.15, -0.1) is 6.58 Å². The standard InChI is InChI=1S/C13H22/c1-4-7-11(2)8-5-6-9-13-10-12(13)3/h4,9,11-12H,1,5-8,10H2,2-3H3. The molecule has 1 aliphatic carbocycles. The van der Waals surface area contributed by atoms with Crippen molar-refractivity contribution >= 4 is 0 Å². The van der Waals surface area contributed by atoms with Gasteiger partial charge in [0.05, 0.1) is 0 Å². The van der Waals surface area contributed by atoms with Gasteiger partial charge in [0.1, 0.15) is 0 Å². The van der Waals surface area contributed by atoms with Crippen molar-refractivity contribution in [2.75, 3.05) is 0 Å². The maximum absolute atomic E-state index is 3.77. The Balaban J connectivity index is 1.97. The lowest BCUT2D eigenvalue weighted by atomic mass is 10.0. The quantitative estimate of drug-likeness (QED) is 0.419. The highest BCUT2D eigenvalue weighted by molar-refractivity contribution is 5.21. The lowest BCUT2D eigenvalue weighted by Gasteiger charge is -2.05. The molecule has 0 saturated heterocycles. The highest BCUT2D eigenvalue weighted by Gasteiger charge is 2.22. The largest absolute Gasteiger partial charge is 0.103 e. The number of allylic oxidation sites excluding steroid dienone is 3. The normalized spacial score (nSPS) is 26.0. The summed E-state index contributed by atoms with van der Waals surface area (Å²) in [5.41, 5.74) is 1.69. The summed E-state index contributed by atoms with van der Waals surface area (Å²) in [5.74, 6) is 1.73. The van der Waals surface area contributed by atoms with E-state index in [1.165, 1.54) is 32.1 Å². The molecule has 0 heteroatoms. The van der Waals surface area contributed by atoms with Gasteiger partial charge in [0, 0.05) is 0 Å². The zero-order chi connectivity index (χ0) is 9.68. The molecule has 13 heavy (non-hydrogen) atoms. The first-order chi connectivity index (χ1) is 6.24. The Kier molecular flexibility index (Phi) is 4.27. The molecule has 0 aromatic rings. The van der Waals surface area contributed by atoms with Crippen LogP contribution in [0.1, 0.15) is 46.0 Å². The minimum Gasteiger partial charge on any atom is -0.103 e. The second-order valence-electron chi connectivity index (χ2n) is 4.44. The Labute approximate surface area is 82.7 Å². The third-order valence-electron chi connectivity index (χ3n) is 2.89. The molecule has 1 aliphatic rings. The molecule has 74 valence electrons. The maximum atomic E-state index is 3.77. The molecule has 0 aromatic carbocycles. The van der Waals surface area contributed by atoms with Crippen LogP contribution >= 0.6 is 0 Å². The van der Waals surface area contributed by atoms with Crippen LogP contribution < -0.4 is 0 Å². The van der Waals surface area contributed by atoms with E-state index in [4.69, 9.17) is 0 Å². The van der Waals surface area contributed by atoms with E-state index in [2.05, 4.69) is 26.5 Å². The minimum absolute atomic E-state index is 0.826. The topological polar surface area (TPSA) is 0 Å². The molecule has 1 rings (SSSR count). The van der Waals surface area contributed by atoms with Gasteiger partial charge in [-0.05, 0) is 37.5 Å². The molecule has 0 heterocycles. The van der Waals surface area contributed by atoms with Gasteiger partial charge in [-0.25, -0.2) is 0 Å². The van der Waals surface area contributed by atoms with Crippen molar-refractivity contribution in [2.24, 2.45) is 11.8 Å². The smallest absolute Gasteiger partial charge is 0.0194 e. The highest BCUT2D eigenvalue weighted by Crippen LogP contribution is 2.37. The second kappa shape index (κ2) is 5.26. The maximum Gasteiger partial charge on any atom is -0.0194 e. The van der Waals surface area contributed by atoms with Gasteiger partial charge in [0.25, 0.3) is 0 Å². The number of hydrogen-bond donors (Lipinski definition) is 0. The van der Waals surface area contributed by atoms with Crippen LogP contribution in [0.3, 0.4) is 0 Å². The average molecular weight is 178 g/mol. The molecule has 0 N–H and O–H groups in total. The molecule has 0 radical (unpaired) electrons. The first kappa shape index (κ1) is 10.6. The summed E-state index contributed by atoms with van der Waals surface area (Å²) >= 11 is 0. The SMILES string of the molecule is C=CCC(C)CCCC=C1CC1C. The molecule has 0 aliphatic heterocycles. The molecule has 0 aromatic heterocycles. The van der Waals surface area contributed by atoms with Crippen LogP contribution in [0.25, 0.3) is 0 Å². The monoisotopic (exact) mass is 178 g/mol. The lowest BCUT2D eigenvalue weighted by Crippen LogP contribution is -1.91. The van der Waals surface area contributed by atoms with Crippen molar-refractivity contribution in [2.45, 2.75) is 46.0 Å². The van der Waals surface area contributed by atoms with Crippen LogP contribution in [-0.2, 0) is 0 Å². The van der Waals surface area contributed by atoms with E-state index in [-0.39, 0.29) is 0 Å². The van der Waals surface area contributed by atoms with Crippen molar-refractivity contribution in [1.82, 2.24) is 0 Å². The Morgan fingerprint density at radius 2 is 2.31 bits per heavy atom. The molecule has 0 nitrogen and oxygen atoms in total. The summed E-state index contributed by atoms with van der Waals surface area (Å²) in [7, 11) is 0. The van der Waals surface area contributed by atoms with Gasteiger partial charge in [-0.1, -0.05) is 38.0 Å². The summed E-state index contributed by atoms with van der Waals surface area (Å²) in [6.45, 7) is 8.39. The summed E-state index contributed by atoms with van der Waals surface area (Å²) in [6.07, 6.45) is 11.0. The van der Waals surface area contributed by atoms with E-state index in [0.717, 1.165) is 11.8 Å². The van der Waals surface area contributed by atoms with Gasteiger partial charge in [0.15, 0.2) is 0 Å². The summed E-state index contributed by atoms with van der Waals surface area (Å²) in [4.78, 5) is 0. The molecule has 2 atom stereocenters. The first-order valence-electron chi connectivity index (χ1n) is 5.54. The summed E-state index contributed by atoms with van der Waals surface area (Å²) in [6, 6.07) is 0. The molecule has 1 fully saturated rings. The Morgan fingerprint density at radius 1 is 1.62 bits per heavy atom. The predicted octanol–water partition coefficient (Wildman–Crippen LogP) is 4.34. The van der Waals surface area contributed by atoms with E-state index in [9.17, 15) is 0 Å². The molecule has 0 amide bonds. The van der Waals surface area contributed by atoms with Crippen molar-refractivity contribution in [3.63, 3.8) is 0 Å². The fourth-order valence-electron chi connectivity index (χ4n) is 1.74. The van der Waals surface area contributed by atoms with Gasteiger partial charge in [-0.3, -0.25) is 0 Å². The Morgan fingerprint density at radius 3 is 2.85 bits per heavy atom. The van der Waals surface area contributed by atoms with Crippen LogP contribution in [0, 0.1) is 11.8 Å². The van der Waals surface area contributed by atoms with E-state index in [1.54, 1.807) is 5.57 Å². The van der Waals surface area contributed by atoms with Crippen molar-refractivity contribution < 1.29 is 0 Å². The van der Waals surface area contributed by atoms with Crippen LogP contribution in [0.4, 0.5) is 0 Å². The summed E-state index contributed by atoms with van der Waals surface area (Å²) in [5, 5.41) is 0. The molecule has 2 unspecified atom stereocenters. The molecule has 0 bridgehead atoms. The first-order valence-corrected chi connectivity index (χ1v) is 5.54. The van der Waals surface area contributed by atoms with Crippen LogP contribution in [0.15, 0.2) is 24.3 Å². The minimum atomic E-state index is 0.826. The van der Waals surface area contributed by atoms with Crippen LogP contribution in [0.2, 0.25) is 0 Å². The van der Waals surface area contributed by atoms with E-state index < -0.39 is 0 Å². The highest BCUT2D eigenvalue weighted by atomic mass is 14.3. The van der Waals surface area contributed by atoms with Crippen molar-refractivity contribution in [3.05, 3.63) is 24.3 Å². The van der Waals surface area contributed by atoms with E-state index in [1.807, 2.05) is 6.08 Å². The van der Waals surface area contributed by atoms with Gasteiger partial charge < -0.3 is 0 Å². The summed E-state index contributed by atoms with van der Waals surface area (Å²) < 4.78 is 0. The number of hydrogen-bond acceptors (Lipinski definition) is 0. The predicted molar refractivity (Wildman–Crippen MR) is 59.7 cm³/mol. The Bertz CT molecular complexity index is 188. The van der Waals surface area contributed by atoms with Crippen LogP contribution in [-0.4, -0.2) is 0 Å². The molecular weight excluding hydrogens is 156 g/mol. The average Bonchev–Trinajstić information content (AvgIpc) is 2.77. The second-order valence-corrected chi connectivity index (χ2v) is 4.44. The molecule has 0 spiro atoms. The van der Waals surface area contributed by atoms with E-state index in [0.29, 0.717) is 0 Å². The number of unbranched alkanes of at least 4 members (excludes halogenated alkanes) is 1. The lowest BCUT2D eigenvalue weighted by molar-refractivity contribution is 0.519. The van der Waals surface area contributed by atoms with Gasteiger partial charge in [-0.2, -0.15) is 0 Å². The fraction of sp³-hybridized carbons (Fsp3) is 0.692. The molecule has 1 saturated carbocycles. The third-order valence-corrected chi connectivity index (χ3v) is 2.89. The Hall–Kier alpha value is -0.520. The molecular formula is C13H22. The van der Waals surface area contributed by atoms with Crippen molar-refractivity contribution in [1.29, 1.82) is 0 Å². The number of rotatable bonds is 6. The van der Waals surface area contributed by atoms with Crippen molar-refractivity contribution in [3.8, 4) is 0 Å².